The molecule has 1 amide bonds. The highest BCUT2D eigenvalue weighted by Crippen LogP contribution is 2.34. The number of imidazole rings is 1. The number of hydrogen-bond donors (Lipinski definition) is 1. The summed E-state index contributed by atoms with van der Waals surface area (Å²) in [6.07, 6.45) is 3.19. The van der Waals surface area contributed by atoms with Crippen molar-refractivity contribution in [2.45, 2.75) is 32.2 Å². The topological polar surface area (TPSA) is 97.1 Å². The van der Waals surface area contributed by atoms with E-state index in [0.29, 0.717) is 31.1 Å². The number of aryl methyl sites for hydroxylation is 2. The van der Waals surface area contributed by atoms with Gasteiger partial charge in [0, 0.05) is 31.5 Å². The largest absolute Gasteiger partial charge is 0.497 e. The third-order valence-corrected chi connectivity index (χ3v) is 4.80. The molecule has 3 aromatic rings. The van der Waals surface area contributed by atoms with Crippen molar-refractivity contribution in [2.75, 3.05) is 13.7 Å². The van der Waals surface area contributed by atoms with Gasteiger partial charge in [-0.25, -0.2) is 4.98 Å². The number of carbonyl (C=O) groups excluding carboxylic acids is 1. The molecule has 0 unspecified atom stereocenters. The number of ether oxygens (including phenoxy) is 1. The average Bonchev–Trinajstić information content (AvgIpc) is 3.34. The maximum absolute atomic E-state index is 13.0. The van der Waals surface area contributed by atoms with Crippen molar-refractivity contribution >= 4 is 5.91 Å². The molecule has 0 spiro atoms. The molecule has 0 saturated heterocycles. The van der Waals surface area contributed by atoms with Gasteiger partial charge in [-0.1, -0.05) is 17.3 Å². The molecule has 1 aliphatic rings. The number of H-pyrrole nitrogens is 1. The van der Waals surface area contributed by atoms with Gasteiger partial charge in [0.05, 0.1) is 19.1 Å². The third-order valence-electron chi connectivity index (χ3n) is 4.80. The summed E-state index contributed by atoms with van der Waals surface area (Å²) in [4.78, 5) is 26.7. The third kappa shape index (κ3) is 3.42. The molecule has 3 heterocycles. The number of hydrogen-bond acceptors (Lipinski definition) is 6. The monoisotopic (exact) mass is 367 g/mol. The molecular weight excluding hydrogens is 346 g/mol. The molecule has 0 fully saturated rings. The van der Waals surface area contributed by atoms with Crippen LogP contribution < -0.4 is 4.74 Å². The lowest BCUT2D eigenvalue weighted by molar-refractivity contribution is -0.133. The number of nitrogens with zero attached hydrogens (tertiary/aromatic N) is 4. The predicted octanol–water partition coefficient (Wildman–Crippen LogP) is 2.22. The van der Waals surface area contributed by atoms with E-state index in [2.05, 4.69) is 20.1 Å². The molecule has 27 heavy (non-hydrogen) atoms. The number of carbonyl (C=O) groups is 1. The number of fused-ring (bicyclic) bond motifs is 1. The van der Waals surface area contributed by atoms with E-state index in [1.165, 1.54) is 0 Å². The van der Waals surface area contributed by atoms with E-state index in [0.717, 1.165) is 29.1 Å². The zero-order valence-corrected chi connectivity index (χ0v) is 15.3. The molecule has 0 aliphatic carbocycles. The number of rotatable bonds is 5. The second-order valence-electron chi connectivity index (χ2n) is 6.51. The van der Waals surface area contributed by atoms with Crippen LogP contribution in [0.4, 0.5) is 0 Å². The maximum atomic E-state index is 13.0. The van der Waals surface area contributed by atoms with Gasteiger partial charge in [0.1, 0.15) is 11.8 Å². The molecule has 1 aromatic carbocycles. The maximum Gasteiger partial charge on any atom is 0.227 e. The Balaban J connectivity index is 1.58. The highest BCUT2D eigenvalue weighted by Gasteiger charge is 2.33. The van der Waals surface area contributed by atoms with Crippen LogP contribution in [0.3, 0.4) is 0 Å². The summed E-state index contributed by atoms with van der Waals surface area (Å²) in [7, 11) is 1.64. The highest BCUT2D eigenvalue weighted by atomic mass is 16.5. The predicted molar refractivity (Wildman–Crippen MR) is 96.2 cm³/mol. The van der Waals surface area contributed by atoms with Crippen LogP contribution in [0.15, 0.2) is 35.1 Å². The second kappa shape index (κ2) is 7.22. The molecule has 0 radical (unpaired) electrons. The van der Waals surface area contributed by atoms with Crippen LogP contribution in [-0.2, 0) is 17.6 Å². The van der Waals surface area contributed by atoms with Gasteiger partial charge in [-0.05, 0) is 24.6 Å². The van der Waals surface area contributed by atoms with Crippen molar-refractivity contribution in [3.8, 4) is 5.75 Å². The zero-order chi connectivity index (χ0) is 18.8. The summed E-state index contributed by atoms with van der Waals surface area (Å²) >= 11 is 0. The van der Waals surface area contributed by atoms with Gasteiger partial charge < -0.3 is 19.1 Å². The Bertz CT molecular complexity index is 931. The lowest BCUT2D eigenvalue weighted by Crippen LogP contribution is -2.40. The minimum Gasteiger partial charge on any atom is -0.497 e. The fourth-order valence-corrected chi connectivity index (χ4v) is 3.47. The van der Waals surface area contributed by atoms with E-state index in [1.54, 1.807) is 20.4 Å². The van der Waals surface area contributed by atoms with Crippen LogP contribution in [0, 0.1) is 6.92 Å². The number of amides is 1. The molecule has 0 bridgehead atoms. The van der Waals surface area contributed by atoms with Crippen molar-refractivity contribution in [3.05, 3.63) is 59.3 Å². The summed E-state index contributed by atoms with van der Waals surface area (Å²) in [5.41, 5.74) is 2.98. The molecule has 1 atom stereocenters. The van der Waals surface area contributed by atoms with Gasteiger partial charge in [0.25, 0.3) is 0 Å². The standard InChI is InChI=1S/C19H21N5O3/c1-12-22-16(27-23-12)7-8-17(25)24-10-9-15-18(21-11-20-15)19(24)13-3-5-14(26-2)6-4-13/h3-6,11,19H,7-10H2,1-2H3,(H,20,21)/t19-/m1/s1. The summed E-state index contributed by atoms with van der Waals surface area (Å²) < 4.78 is 10.4. The molecule has 1 N–H and O–H groups in total. The lowest BCUT2D eigenvalue weighted by Gasteiger charge is -2.35. The van der Waals surface area contributed by atoms with E-state index in [9.17, 15) is 4.79 Å². The minimum atomic E-state index is -0.220. The van der Waals surface area contributed by atoms with Crippen molar-refractivity contribution in [1.82, 2.24) is 25.0 Å². The van der Waals surface area contributed by atoms with Crippen molar-refractivity contribution < 1.29 is 14.1 Å². The number of aromatic nitrogens is 4. The first-order valence-electron chi connectivity index (χ1n) is 8.90. The van der Waals surface area contributed by atoms with Crippen LogP contribution in [0.2, 0.25) is 0 Å². The van der Waals surface area contributed by atoms with E-state index >= 15 is 0 Å². The Morgan fingerprint density at radius 3 is 2.89 bits per heavy atom. The lowest BCUT2D eigenvalue weighted by atomic mass is 9.95. The van der Waals surface area contributed by atoms with Crippen LogP contribution in [0.5, 0.6) is 5.75 Å². The van der Waals surface area contributed by atoms with Crippen molar-refractivity contribution in [3.63, 3.8) is 0 Å². The summed E-state index contributed by atoms with van der Waals surface area (Å²) in [5, 5.41) is 3.77. The summed E-state index contributed by atoms with van der Waals surface area (Å²) in [6.45, 7) is 2.39. The second-order valence-corrected chi connectivity index (χ2v) is 6.51. The number of aromatic amines is 1. The van der Waals surface area contributed by atoms with Gasteiger partial charge in [0.15, 0.2) is 5.82 Å². The van der Waals surface area contributed by atoms with Gasteiger partial charge in [-0.2, -0.15) is 4.98 Å². The normalized spacial score (nSPS) is 16.2. The van der Waals surface area contributed by atoms with Gasteiger partial charge in [0.2, 0.25) is 11.8 Å². The van der Waals surface area contributed by atoms with Crippen molar-refractivity contribution in [1.29, 1.82) is 0 Å². The van der Waals surface area contributed by atoms with Gasteiger partial charge in [-0.15, -0.1) is 0 Å². The molecule has 0 saturated carbocycles. The van der Waals surface area contributed by atoms with Crippen LogP contribution >= 0.6 is 0 Å². The SMILES string of the molecule is COc1ccc([C@@H]2c3nc[nH]c3CCN2C(=O)CCc2nc(C)no2)cc1. The molecule has 140 valence electrons. The average molecular weight is 367 g/mol. The number of nitrogens with one attached hydrogen (secondary N) is 1. The fourth-order valence-electron chi connectivity index (χ4n) is 3.47. The first-order chi connectivity index (χ1) is 13.2. The molecule has 8 nitrogen and oxygen atoms in total. The van der Waals surface area contributed by atoms with Crippen molar-refractivity contribution in [2.24, 2.45) is 0 Å². The smallest absolute Gasteiger partial charge is 0.227 e. The Labute approximate surface area is 156 Å². The molecular formula is C19H21N5O3. The Morgan fingerprint density at radius 1 is 1.37 bits per heavy atom. The first-order valence-corrected chi connectivity index (χ1v) is 8.90. The molecule has 1 aliphatic heterocycles. The van der Waals surface area contributed by atoms with E-state index in [-0.39, 0.29) is 11.9 Å². The van der Waals surface area contributed by atoms with Gasteiger partial charge >= 0.3 is 0 Å². The first kappa shape index (κ1) is 17.3. The van der Waals surface area contributed by atoms with Crippen LogP contribution in [0.25, 0.3) is 0 Å². The number of benzene rings is 1. The number of methoxy groups -OCH3 is 1. The minimum absolute atomic E-state index is 0.0420. The van der Waals surface area contributed by atoms with Gasteiger partial charge in [-0.3, -0.25) is 4.79 Å². The van der Waals surface area contributed by atoms with Crippen LogP contribution in [0.1, 0.15) is 41.1 Å². The Morgan fingerprint density at radius 2 is 2.19 bits per heavy atom. The molecule has 8 heteroatoms. The zero-order valence-electron chi connectivity index (χ0n) is 15.3. The summed E-state index contributed by atoms with van der Waals surface area (Å²) in [6, 6.07) is 7.55. The Hall–Kier alpha value is -3.16. The van der Waals surface area contributed by atoms with E-state index < -0.39 is 0 Å². The fraction of sp³-hybridized carbons (Fsp3) is 0.368. The molecule has 2 aromatic heterocycles. The quantitative estimate of drug-likeness (QED) is 0.743. The van der Waals surface area contributed by atoms with Crippen LogP contribution in [-0.4, -0.2) is 44.6 Å². The van der Waals surface area contributed by atoms with E-state index in [4.69, 9.17) is 9.26 Å². The molecule has 4 rings (SSSR count). The summed E-state index contributed by atoms with van der Waals surface area (Å²) in [5.74, 6) is 1.88. The van der Waals surface area contributed by atoms with E-state index in [1.807, 2.05) is 29.2 Å². The highest BCUT2D eigenvalue weighted by molar-refractivity contribution is 5.77. The Kier molecular flexibility index (Phi) is 4.62.